The topological polar surface area (TPSA) is 79.5 Å². The molecule has 2 rings (SSSR count). The molecule has 0 aromatic carbocycles. The molecule has 0 fully saturated rings. The highest BCUT2D eigenvalue weighted by Gasteiger charge is 2.22. The van der Waals surface area contributed by atoms with Crippen LogP contribution in [0.1, 0.15) is 21.1 Å². The van der Waals surface area contributed by atoms with Crippen LogP contribution in [0.2, 0.25) is 0 Å². The van der Waals surface area contributed by atoms with E-state index in [0.29, 0.717) is 17.1 Å². The zero-order valence-electron chi connectivity index (χ0n) is 12.2. The number of hydrogen-bond acceptors (Lipinski definition) is 5. The molecule has 0 aliphatic carbocycles. The molecule has 0 saturated heterocycles. The number of nitrogens with zero attached hydrogens (tertiary/aromatic N) is 2. The Labute approximate surface area is 127 Å². The minimum atomic E-state index is -0.181. The molecule has 112 valence electrons. The Morgan fingerprint density at radius 2 is 2.29 bits per heavy atom. The number of aliphatic hydroxyl groups excluding tert-OH is 1. The van der Waals surface area contributed by atoms with Crippen LogP contribution in [0, 0.1) is 13.8 Å². The van der Waals surface area contributed by atoms with Crippen LogP contribution < -0.4 is 5.73 Å². The summed E-state index contributed by atoms with van der Waals surface area (Å²) in [5.74, 6) is -0.181. The van der Waals surface area contributed by atoms with E-state index in [2.05, 4.69) is 11.6 Å². The molecule has 0 atom stereocenters. The van der Waals surface area contributed by atoms with E-state index in [4.69, 9.17) is 10.8 Å². The van der Waals surface area contributed by atoms with Gasteiger partial charge in [-0.1, -0.05) is 6.08 Å². The summed E-state index contributed by atoms with van der Waals surface area (Å²) in [5, 5.41) is 9.93. The van der Waals surface area contributed by atoms with Crippen molar-refractivity contribution in [2.45, 2.75) is 13.8 Å². The van der Waals surface area contributed by atoms with E-state index in [1.54, 1.807) is 6.08 Å². The fraction of sp³-hybridized carbons (Fsp3) is 0.333. The fourth-order valence-corrected chi connectivity index (χ4v) is 3.57. The van der Waals surface area contributed by atoms with Gasteiger partial charge in [0, 0.05) is 34.6 Å². The molecule has 0 aliphatic rings. The van der Waals surface area contributed by atoms with Crippen LogP contribution in [0.5, 0.6) is 0 Å². The monoisotopic (exact) mass is 305 g/mol. The van der Waals surface area contributed by atoms with Gasteiger partial charge in [-0.3, -0.25) is 9.78 Å². The molecular formula is C15H19N3O2S. The van der Waals surface area contributed by atoms with Gasteiger partial charge in [-0.05, 0) is 19.9 Å². The number of anilines is 1. The minimum absolute atomic E-state index is 0.0932. The number of rotatable bonds is 5. The van der Waals surface area contributed by atoms with Crippen LogP contribution in [-0.4, -0.2) is 40.6 Å². The summed E-state index contributed by atoms with van der Waals surface area (Å²) in [6, 6.07) is 1.93. The number of carbonyl (C=O) groups excluding carboxylic acids is 1. The van der Waals surface area contributed by atoms with E-state index in [0.717, 1.165) is 21.5 Å². The van der Waals surface area contributed by atoms with E-state index in [1.807, 2.05) is 19.9 Å². The highest BCUT2D eigenvalue weighted by molar-refractivity contribution is 7.21. The second-order valence-corrected chi connectivity index (χ2v) is 5.88. The maximum Gasteiger partial charge on any atom is 0.266 e. The number of pyridine rings is 1. The average Bonchev–Trinajstić information content (AvgIpc) is 2.74. The number of carbonyl (C=O) groups is 1. The van der Waals surface area contributed by atoms with E-state index in [-0.39, 0.29) is 19.1 Å². The van der Waals surface area contributed by atoms with Gasteiger partial charge in [0.15, 0.2) is 0 Å². The molecule has 0 spiro atoms. The first kappa shape index (κ1) is 15.5. The number of thiophene rings is 1. The van der Waals surface area contributed by atoms with Gasteiger partial charge in [0.25, 0.3) is 5.91 Å². The molecule has 1 amide bonds. The molecule has 0 aliphatic heterocycles. The van der Waals surface area contributed by atoms with E-state index >= 15 is 0 Å². The molecule has 0 radical (unpaired) electrons. The van der Waals surface area contributed by atoms with Gasteiger partial charge in [0.1, 0.15) is 4.88 Å². The number of nitrogen functional groups attached to an aromatic ring is 1. The van der Waals surface area contributed by atoms with Crippen LogP contribution in [0.3, 0.4) is 0 Å². The number of hydrogen-bond donors (Lipinski definition) is 2. The van der Waals surface area contributed by atoms with Crippen LogP contribution in [-0.2, 0) is 0 Å². The summed E-state index contributed by atoms with van der Waals surface area (Å²) in [6.45, 7) is 7.99. The van der Waals surface area contributed by atoms with Crippen molar-refractivity contribution in [3.8, 4) is 0 Å². The van der Waals surface area contributed by atoms with Gasteiger partial charge in [-0.2, -0.15) is 0 Å². The van der Waals surface area contributed by atoms with Gasteiger partial charge < -0.3 is 15.7 Å². The molecule has 6 heteroatoms. The van der Waals surface area contributed by atoms with Crippen molar-refractivity contribution >= 4 is 33.0 Å². The van der Waals surface area contributed by atoms with E-state index in [1.165, 1.54) is 16.2 Å². The van der Waals surface area contributed by atoms with Gasteiger partial charge in [-0.25, -0.2) is 0 Å². The Morgan fingerprint density at radius 3 is 2.90 bits per heavy atom. The predicted molar refractivity (Wildman–Crippen MR) is 86.7 cm³/mol. The molecule has 0 unspecified atom stereocenters. The summed E-state index contributed by atoms with van der Waals surface area (Å²) >= 11 is 1.37. The fourth-order valence-electron chi connectivity index (χ4n) is 2.33. The lowest BCUT2D eigenvalue weighted by molar-refractivity contribution is 0.0748. The third kappa shape index (κ3) is 2.91. The maximum absolute atomic E-state index is 12.6. The third-order valence-corrected chi connectivity index (χ3v) is 4.36. The maximum atomic E-state index is 12.6. The number of nitrogens with two attached hydrogens (primary N) is 1. The standard InChI is InChI=1S/C15H19N3O2S/c1-4-5-18(6-7-19)15(20)14-13(16)12-10(3)17-9(2)8-11(12)21-14/h4,8,19H,1,5-7,16H2,2-3H3. The zero-order valence-corrected chi connectivity index (χ0v) is 13.0. The van der Waals surface area contributed by atoms with Crippen LogP contribution >= 0.6 is 11.3 Å². The lowest BCUT2D eigenvalue weighted by Crippen LogP contribution is -2.33. The third-order valence-electron chi connectivity index (χ3n) is 3.22. The number of aryl methyl sites for hydroxylation is 2. The minimum Gasteiger partial charge on any atom is -0.397 e. The first-order chi connectivity index (χ1) is 9.99. The van der Waals surface area contributed by atoms with Gasteiger partial charge in [-0.15, -0.1) is 17.9 Å². The molecule has 21 heavy (non-hydrogen) atoms. The summed E-state index contributed by atoms with van der Waals surface area (Å²) in [4.78, 5) is 19.0. The zero-order chi connectivity index (χ0) is 15.6. The summed E-state index contributed by atoms with van der Waals surface area (Å²) in [7, 11) is 0. The van der Waals surface area contributed by atoms with Crippen LogP contribution in [0.25, 0.3) is 10.1 Å². The number of amides is 1. The van der Waals surface area contributed by atoms with Crippen molar-refractivity contribution in [2.24, 2.45) is 0 Å². The molecule has 2 aromatic heterocycles. The van der Waals surface area contributed by atoms with Crippen molar-refractivity contribution in [2.75, 3.05) is 25.4 Å². The van der Waals surface area contributed by atoms with Crippen LogP contribution in [0.4, 0.5) is 5.69 Å². The summed E-state index contributed by atoms with van der Waals surface area (Å²) in [5.41, 5.74) is 8.36. The Balaban J connectivity index is 2.50. The second kappa shape index (κ2) is 6.24. The lowest BCUT2D eigenvalue weighted by atomic mass is 10.2. The van der Waals surface area contributed by atoms with E-state index in [9.17, 15) is 4.79 Å². The summed E-state index contributed by atoms with van der Waals surface area (Å²) < 4.78 is 0.961. The Kier molecular flexibility index (Phi) is 4.59. The Morgan fingerprint density at radius 1 is 1.57 bits per heavy atom. The second-order valence-electron chi connectivity index (χ2n) is 4.83. The molecular weight excluding hydrogens is 286 g/mol. The van der Waals surface area contributed by atoms with Crippen LogP contribution in [0.15, 0.2) is 18.7 Å². The van der Waals surface area contributed by atoms with E-state index < -0.39 is 0 Å². The quantitative estimate of drug-likeness (QED) is 0.829. The number of aromatic nitrogens is 1. The first-order valence-corrected chi connectivity index (χ1v) is 7.48. The first-order valence-electron chi connectivity index (χ1n) is 6.66. The molecule has 2 aromatic rings. The Hall–Kier alpha value is -1.92. The smallest absolute Gasteiger partial charge is 0.266 e. The van der Waals surface area contributed by atoms with Gasteiger partial charge >= 0.3 is 0 Å². The summed E-state index contributed by atoms with van der Waals surface area (Å²) in [6.07, 6.45) is 1.63. The highest BCUT2D eigenvalue weighted by Crippen LogP contribution is 2.36. The largest absolute Gasteiger partial charge is 0.397 e. The van der Waals surface area contributed by atoms with Crippen molar-refractivity contribution in [3.63, 3.8) is 0 Å². The molecule has 5 nitrogen and oxygen atoms in total. The average molecular weight is 305 g/mol. The van der Waals surface area contributed by atoms with Gasteiger partial charge in [0.2, 0.25) is 0 Å². The number of fused-ring (bicyclic) bond motifs is 1. The normalized spacial score (nSPS) is 10.8. The van der Waals surface area contributed by atoms with Crippen molar-refractivity contribution < 1.29 is 9.90 Å². The Bertz CT molecular complexity index is 694. The number of aliphatic hydroxyl groups is 1. The molecule has 2 heterocycles. The lowest BCUT2D eigenvalue weighted by Gasteiger charge is -2.19. The van der Waals surface area contributed by atoms with Crippen molar-refractivity contribution in [1.82, 2.24) is 9.88 Å². The van der Waals surface area contributed by atoms with Crippen molar-refractivity contribution in [1.29, 1.82) is 0 Å². The van der Waals surface area contributed by atoms with Crippen molar-refractivity contribution in [3.05, 3.63) is 35.0 Å². The molecule has 0 saturated carbocycles. The molecule has 3 N–H and O–H groups in total. The SMILES string of the molecule is C=CCN(CCO)C(=O)c1sc2cc(C)nc(C)c2c1N. The molecule has 0 bridgehead atoms. The van der Waals surface area contributed by atoms with Gasteiger partial charge in [0.05, 0.1) is 12.3 Å². The predicted octanol–water partition coefficient (Wildman–Crippen LogP) is 2.12. The highest BCUT2D eigenvalue weighted by atomic mass is 32.1.